The van der Waals surface area contributed by atoms with E-state index >= 15 is 0 Å². The van der Waals surface area contributed by atoms with E-state index in [4.69, 9.17) is 9.47 Å². The minimum Gasteiger partial charge on any atom is -0.462 e. The highest BCUT2D eigenvalue weighted by atomic mass is 16.6. The fourth-order valence-electron chi connectivity index (χ4n) is 6.13. The summed E-state index contributed by atoms with van der Waals surface area (Å²) in [6.07, 6.45) is 7.79. The molecule has 0 radical (unpaired) electrons. The van der Waals surface area contributed by atoms with Crippen LogP contribution in [0.5, 0.6) is 0 Å². The molecular weight excluding hydrogens is 228 g/mol. The van der Waals surface area contributed by atoms with Crippen molar-refractivity contribution in [1.29, 1.82) is 0 Å². The molecule has 3 nitrogen and oxygen atoms in total. The van der Waals surface area contributed by atoms with Gasteiger partial charge in [-0.1, -0.05) is 19.1 Å². The third-order valence-corrected chi connectivity index (χ3v) is 6.63. The van der Waals surface area contributed by atoms with Crippen molar-refractivity contribution in [2.75, 3.05) is 0 Å². The van der Waals surface area contributed by atoms with Gasteiger partial charge in [0.2, 0.25) is 0 Å². The van der Waals surface area contributed by atoms with Crippen LogP contribution in [0.3, 0.4) is 0 Å². The molecule has 6 aliphatic rings. The molecule has 3 aliphatic heterocycles. The van der Waals surface area contributed by atoms with Gasteiger partial charge >= 0.3 is 5.97 Å². The fourth-order valence-corrected chi connectivity index (χ4v) is 6.13. The molecule has 96 valence electrons. The average molecular weight is 246 g/mol. The first kappa shape index (κ1) is 10.0. The molecule has 0 N–H and O–H groups in total. The second kappa shape index (κ2) is 2.43. The molecule has 18 heavy (non-hydrogen) atoms. The Balaban J connectivity index is 1.87. The number of ether oxygens (including phenoxy) is 2. The topological polar surface area (TPSA) is 35.5 Å². The number of carbonyl (C=O) groups excluding carboxylic acids is 1. The molecule has 7 atom stereocenters. The molecule has 0 aromatic carbocycles. The van der Waals surface area contributed by atoms with Crippen molar-refractivity contribution in [3.05, 3.63) is 12.2 Å². The Kier molecular flexibility index (Phi) is 1.35. The summed E-state index contributed by atoms with van der Waals surface area (Å²) in [7, 11) is 0. The van der Waals surface area contributed by atoms with Gasteiger partial charge in [0.1, 0.15) is 6.10 Å². The van der Waals surface area contributed by atoms with E-state index in [2.05, 4.69) is 26.0 Å². The van der Waals surface area contributed by atoms with E-state index in [1.54, 1.807) is 0 Å². The second-order valence-corrected chi connectivity index (χ2v) is 7.26. The maximum absolute atomic E-state index is 12.6. The first-order chi connectivity index (χ1) is 8.52. The van der Waals surface area contributed by atoms with Crippen molar-refractivity contribution in [2.45, 2.75) is 50.9 Å². The molecule has 0 aromatic heterocycles. The first-order valence-corrected chi connectivity index (χ1v) is 7.11. The standard InChI is InChI=1S/C15H18O3/c1-8-5-10-9-6-11-14(8)4-3-13(2,18-11)7-15(9,14)12(16)17-10/h3-4,8-11H,5-7H2,1-2H3/t8?,9-,10?,11-,13?,14?,15+/m1/s1. The molecule has 0 aromatic rings. The van der Waals surface area contributed by atoms with Crippen LogP contribution in [0.4, 0.5) is 0 Å². The molecule has 2 spiro atoms. The van der Waals surface area contributed by atoms with Crippen LogP contribution in [0.2, 0.25) is 0 Å². The summed E-state index contributed by atoms with van der Waals surface area (Å²) in [5.41, 5.74) is -0.576. The molecule has 6 bridgehead atoms. The molecule has 6 rings (SSSR count). The highest BCUT2D eigenvalue weighted by Gasteiger charge is 2.82. The van der Waals surface area contributed by atoms with Crippen molar-refractivity contribution in [2.24, 2.45) is 22.7 Å². The Morgan fingerprint density at radius 3 is 3.00 bits per heavy atom. The van der Waals surface area contributed by atoms with Crippen molar-refractivity contribution >= 4 is 5.97 Å². The fraction of sp³-hybridized carbons (Fsp3) is 0.800. The first-order valence-electron chi connectivity index (χ1n) is 7.11. The number of carbonyl (C=O) groups is 1. The lowest BCUT2D eigenvalue weighted by Gasteiger charge is -2.60. The maximum Gasteiger partial charge on any atom is 0.313 e. The predicted molar refractivity (Wildman–Crippen MR) is 63.7 cm³/mol. The quantitative estimate of drug-likeness (QED) is 0.485. The van der Waals surface area contributed by atoms with Crippen LogP contribution in [0.1, 0.15) is 33.1 Å². The Morgan fingerprint density at radius 2 is 2.17 bits per heavy atom. The van der Waals surface area contributed by atoms with Crippen LogP contribution in [-0.2, 0) is 14.3 Å². The molecular formula is C15H18O3. The SMILES string of the molecule is CC1CC2OC(=O)[C@@]34CC5(C)C=CC13[C@@H](C[C@H]24)O5. The van der Waals surface area contributed by atoms with Gasteiger partial charge < -0.3 is 9.47 Å². The van der Waals surface area contributed by atoms with Crippen molar-refractivity contribution < 1.29 is 14.3 Å². The molecule has 2 saturated heterocycles. The minimum absolute atomic E-state index is 0.0699. The molecule has 2 saturated carbocycles. The van der Waals surface area contributed by atoms with Gasteiger partial charge in [0, 0.05) is 11.3 Å². The Labute approximate surface area is 107 Å². The van der Waals surface area contributed by atoms with E-state index in [0.717, 1.165) is 19.3 Å². The molecule has 3 heterocycles. The lowest BCUT2D eigenvalue weighted by molar-refractivity contribution is -0.211. The highest BCUT2D eigenvalue weighted by Crippen LogP contribution is 2.77. The number of hydrogen-bond acceptors (Lipinski definition) is 3. The zero-order valence-corrected chi connectivity index (χ0v) is 10.8. The van der Waals surface area contributed by atoms with Gasteiger partial charge in [-0.05, 0) is 32.1 Å². The number of esters is 1. The summed E-state index contributed by atoms with van der Waals surface area (Å²) in [4.78, 5) is 12.6. The summed E-state index contributed by atoms with van der Waals surface area (Å²) >= 11 is 0. The Hall–Kier alpha value is -0.830. The van der Waals surface area contributed by atoms with Crippen molar-refractivity contribution in [1.82, 2.24) is 0 Å². The third kappa shape index (κ3) is 0.696. The van der Waals surface area contributed by atoms with E-state index in [0.29, 0.717) is 11.8 Å². The molecule has 3 aliphatic carbocycles. The van der Waals surface area contributed by atoms with Gasteiger partial charge in [-0.25, -0.2) is 0 Å². The van der Waals surface area contributed by atoms with Gasteiger partial charge in [0.05, 0.1) is 17.1 Å². The normalized spacial score (nSPS) is 66.4. The van der Waals surface area contributed by atoms with E-state index in [-0.39, 0.29) is 34.6 Å². The predicted octanol–water partition coefficient (Wildman–Crippen LogP) is 2.06. The second-order valence-electron chi connectivity index (χ2n) is 7.26. The zero-order valence-electron chi connectivity index (χ0n) is 10.8. The summed E-state index contributed by atoms with van der Waals surface area (Å²) in [6.45, 7) is 4.40. The van der Waals surface area contributed by atoms with Gasteiger partial charge in [0.25, 0.3) is 0 Å². The molecule has 4 fully saturated rings. The van der Waals surface area contributed by atoms with Gasteiger partial charge in [-0.3, -0.25) is 4.79 Å². The van der Waals surface area contributed by atoms with Crippen LogP contribution >= 0.6 is 0 Å². The van der Waals surface area contributed by atoms with E-state index < -0.39 is 0 Å². The highest BCUT2D eigenvalue weighted by molar-refractivity contribution is 5.84. The number of hydrogen-bond donors (Lipinski definition) is 0. The van der Waals surface area contributed by atoms with Crippen molar-refractivity contribution in [3.63, 3.8) is 0 Å². The summed E-state index contributed by atoms with van der Waals surface area (Å²) in [5, 5.41) is 0. The smallest absolute Gasteiger partial charge is 0.313 e. The average Bonchev–Trinajstić information content (AvgIpc) is 2.56. The van der Waals surface area contributed by atoms with Crippen LogP contribution in [0.15, 0.2) is 12.2 Å². The Morgan fingerprint density at radius 1 is 1.33 bits per heavy atom. The van der Waals surface area contributed by atoms with E-state index in [1.165, 1.54) is 0 Å². The lowest BCUT2D eigenvalue weighted by Crippen LogP contribution is -2.64. The van der Waals surface area contributed by atoms with Crippen LogP contribution in [0, 0.1) is 22.7 Å². The lowest BCUT2D eigenvalue weighted by atomic mass is 9.46. The summed E-state index contributed by atoms with van der Waals surface area (Å²) < 4.78 is 12.1. The van der Waals surface area contributed by atoms with E-state index in [9.17, 15) is 4.79 Å². The van der Waals surface area contributed by atoms with Crippen molar-refractivity contribution in [3.8, 4) is 0 Å². The number of rotatable bonds is 0. The van der Waals surface area contributed by atoms with Crippen LogP contribution in [-0.4, -0.2) is 23.8 Å². The van der Waals surface area contributed by atoms with Crippen LogP contribution < -0.4 is 0 Å². The molecule has 0 amide bonds. The van der Waals surface area contributed by atoms with Gasteiger partial charge in [-0.2, -0.15) is 0 Å². The minimum atomic E-state index is -0.262. The monoisotopic (exact) mass is 246 g/mol. The Bertz CT molecular complexity index is 512. The molecule has 4 unspecified atom stereocenters. The van der Waals surface area contributed by atoms with E-state index in [1.807, 2.05) is 0 Å². The third-order valence-electron chi connectivity index (χ3n) is 6.63. The maximum atomic E-state index is 12.6. The van der Waals surface area contributed by atoms with Gasteiger partial charge in [0.15, 0.2) is 0 Å². The molecule has 3 heteroatoms. The summed E-state index contributed by atoms with van der Waals surface area (Å²) in [6, 6.07) is 0. The summed E-state index contributed by atoms with van der Waals surface area (Å²) in [5.74, 6) is 0.958. The van der Waals surface area contributed by atoms with Gasteiger partial charge in [-0.15, -0.1) is 0 Å². The van der Waals surface area contributed by atoms with Crippen LogP contribution in [0.25, 0.3) is 0 Å². The largest absolute Gasteiger partial charge is 0.462 e. The zero-order chi connectivity index (χ0) is 12.3.